The number of aromatic nitrogens is 4. The first-order chi connectivity index (χ1) is 14.7. The van der Waals surface area contributed by atoms with Gasteiger partial charge in [-0.3, -0.25) is 10.00 Å². The van der Waals surface area contributed by atoms with Crippen molar-refractivity contribution in [3.05, 3.63) is 83.3 Å². The van der Waals surface area contributed by atoms with Gasteiger partial charge >= 0.3 is 0 Å². The number of nitrogens with two attached hydrogens (primary N) is 1. The molecule has 0 amide bonds. The molecular formula is C24H24N6. The van der Waals surface area contributed by atoms with Crippen LogP contribution >= 0.6 is 0 Å². The summed E-state index contributed by atoms with van der Waals surface area (Å²) in [6.45, 7) is 4.75. The van der Waals surface area contributed by atoms with Crippen LogP contribution in [0, 0.1) is 6.92 Å². The number of rotatable bonds is 4. The summed E-state index contributed by atoms with van der Waals surface area (Å²) in [4.78, 5) is 11.8. The van der Waals surface area contributed by atoms with Gasteiger partial charge in [0.1, 0.15) is 0 Å². The Morgan fingerprint density at radius 1 is 1.00 bits per heavy atom. The van der Waals surface area contributed by atoms with Crippen molar-refractivity contribution in [3.63, 3.8) is 0 Å². The number of nitrogens with one attached hydrogen (secondary N) is 1. The van der Waals surface area contributed by atoms with Crippen LogP contribution in [0.1, 0.15) is 22.4 Å². The maximum Gasteiger partial charge on any atom is 0.159 e. The lowest BCUT2D eigenvalue weighted by Crippen LogP contribution is -2.31. The molecule has 0 bridgehead atoms. The molecule has 6 nitrogen and oxygen atoms in total. The number of fused-ring (bicyclic) bond motifs is 1. The highest BCUT2D eigenvalue weighted by atomic mass is 15.2. The highest BCUT2D eigenvalue weighted by Gasteiger charge is 2.20. The van der Waals surface area contributed by atoms with Crippen LogP contribution in [0.2, 0.25) is 0 Å². The van der Waals surface area contributed by atoms with Gasteiger partial charge in [0.05, 0.1) is 17.6 Å². The molecular weight excluding hydrogens is 372 g/mol. The number of anilines is 1. The highest BCUT2D eigenvalue weighted by Crippen LogP contribution is 2.26. The second-order valence-electron chi connectivity index (χ2n) is 7.88. The molecule has 0 unspecified atom stereocenters. The smallest absolute Gasteiger partial charge is 0.159 e. The molecule has 0 saturated carbocycles. The van der Waals surface area contributed by atoms with E-state index in [1.54, 1.807) is 0 Å². The van der Waals surface area contributed by atoms with Gasteiger partial charge < -0.3 is 5.73 Å². The van der Waals surface area contributed by atoms with Gasteiger partial charge in [-0.2, -0.15) is 5.10 Å². The van der Waals surface area contributed by atoms with Crippen LogP contribution in [-0.4, -0.2) is 31.6 Å². The largest absolute Gasteiger partial charge is 0.399 e. The van der Waals surface area contributed by atoms with Crippen molar-refractivity contribution in [2.24, 2.45) is 0 Å². The van der Waals surface area contributed by atoms with Crippen molar-refractivity contribution < 1.29 is 0 Å². The molecule has 5 rings (SSSR count). The molecule has 2 aromatic heterocycles. The first-order valence-corrected chi connectivity index (χ1v) is 10.2. The molecule has 1 aliphatic heterocycles. The molecule has 2 aromatic carbocycles. The topological polar surface area (TPSA) is 83.7 Å². The fourth-order valence-corrected chi connectivity index (χ4v) is 3.92. The summed E-state index contributed by atoms with van der Waals surface area (Å²) < 4.78 is 0. The number of nitrogens with zero attached hydrogens (tertiary/aromatic N) is 4. The quantitative estimate of drug-likeness (QED) is 0.510. The third-order valence-electron chi connectivity index (χ3n) is 5.63. The Balaban J connectivity index is 1.33. The molecule has 0 saturated heterocycles. The molecule has 0 spiro atoms. The van der Waals surface area contributed by atoms with Gasteiger partial charge in [-0.05, 0) is 36.8 Å². The average Bonchev–Trinajstić information content (AvgIpc) is 3.22. The van der Waals surface area contributed by atoms with Gasteiger partial charge in [-0.15, -0.1) is 0 Å². The third-order valence-corrected chi connectivity index (χ3v) is 5.63. The Labute approximate surface area is 175 Å². The maximum atomic E-state index is 5.79. The van der Waals surface area contributed by atoms with E-state index in [-0.39, 0.29) is 0 Å². The lowest BCUT2D eigenvalue weighted by atomic mass is 10.0. The standard InChI is InChI=1S/C24H24N6/c1-16-2-4-17(5-3-16)23-20(13-27-29-23)15-30-11-10-22-19(14-30)12-26-24(28-22)18-6-8-21(25)9-7-18/h2-9,12-13H,10-11,14-15,25H2,1H3,(H,27,29). The molecule has 30 heavy (non-hydrogen) atoms. The van der Waals surface area contributed by atoms with Crippen molar-refractivity contribution >= 4 is 5.69 Å². The summed E-state index contributed by atoms with van der Waals surface area (Å²) in [5.74, 6) is 0.763. The van der Waals surface area contributed by atoms with Crippen LogP contribution in [-0.2, 0) is 19.5 Å². The zero-order chi connectivity index (χ0) is 20.5. The maximum absolute atomic E-state index is 5.79. The molecule has 0 atom stereocenters. The normalized spacial score (nSPS) is 13.9. The number of hydrogen-bond acceptors (Lipinski definition) is 5. The molecule has 1 aliphatic rings. The summed E-state index contributed by atoms with van der Waals surface area (Å²) in [5, 5.41) is 7.47. The molecule has 0 radical (unpaired) electrons. The summed E-state index contributed by atoms with van der Waals surface area (Å²) in [7, 11) is 0. The number of hydrogen-bond donors (Lipinski definition) is 2. The Hall–Kier alpha value is -3.51. The van der Waals surface area contributed by atoms with E-state index in [0.29, 0.717) is 0 Å². The van der Waals surface area contributed by atoms with Gasteiger partial charge in [0.25, 0.3) is 0 Å². The monoisotopic (exact) mass is 396 g/mol. The molecule has 0 fully saturated rings. The summed E-state index contributed by atoms with van der Waals surface area (Å²) in [5.41, 5.74) is 14.6. The molecule has 0 aliphatic carbocycles. The fourth-order valence-electron chi connectivity index (χ4n) is 3.92. The van der Waals surface area contributed by atoms with Gasteiger partial charge in [0.15, 0.2) is 5.82 Å². The Kier molecular flexibility index (Phi) is 4.77. The summed E-state index contributed by atoms with van der Waals surface area (Å²) in [6, 6.07) is 16.3. The zero-order valence-electron chi connectivity index (χ0n) is 17.0. The van der Waals surface area contributed by atoms with Crippen molar-refractivity contribution in [2.45, 2.75) is 26.4 Å². The van der Waals surface area contributed by atoms with Crippen molar-refractivity contribution in [1.82, 2.24) is 25.1 Å². The van der Waals surface area contributed by atoms with Crippen LogP contribution in [0.4, 0.5) is 5.69 Å². The molecule has 6 heteroatoms. The predicted molar refractivity (Wildman–Crippen MR) is 118 cm³/mol. The highest BCUT2D eigenvalue weighted by molar-refractivity contribution is 5.63. The van der Waals surface area contributed by atoms with Crippen molar-refractivity contribution in [3.8, 4) is 22.6 Å². The minimum atomic E-state index is 0.747. The summed E-state index contributed by atoms with van der Waals surface area (Å²) >= 11 is 0. The zero-order valence-corrected chi connectivity index (χ0v) is 17.0. The second kappa shape index (κ2) is 7.72. The van der Waals surface area contributed by atoms with Crippen molar-refractivity contribution in [1.29, 1.82) is 0 Å². The number of nitrogen functional groups attached to an aromatic ring is 1. The van der Waals surface area contributed by atoms with Gasteiger partial charge in [0.2, 0.25) is 0 Å². The van der Waals surface area contributed by atoms with Crippen LogP contribution in [0.5, 0.6) is 0 Å². The van der Waals surface area contributed by atoms with Crippen LogP contribution in [0.15, 0.2) is 60.9 Å². The predicted octanol–water partition coefficient (Wildman–Crippen LogP) is 3.98. The minimum Gasteiger partial charge on any atom is -0.399 e. The molecule has 3 heterocycles. The van der Waals surface area contributed by atoms with Crippen LogP contribution in [0.3, 0.4) is 0 Å². The van der Waals surface area contributed by atoms with E-state index in [9.17, 15) is 0 Å². The lowest BCUT2D eigenvalue weighted by Gasteiger charge is -2.28. The number of benzene rings is 2. The first-order valence-electron chi connectivity index (χ1n) is 10.2. The Morgan fingerprint density at radius 2 is 1.77 bits per heavy atom. The number of aromatic amines is 1. The van der Waals surface area contributed by atoms with E-state index in [1.165, 1.54) is 22.3 Å². The summed E-state index contributed by atoms with van der Waals surface area (Å²) in [6.07, 6.45) is 4.82. The van der Waals surface area contributed by atoms with Gasteiger partial charge in [0, 0.05) is 54.6 Å². The third kappa shape index (κ3) is 3.69. The van der Waals surface area contributed by atoms with Crippen LogP contribution in [0.25, 0.3) is 22.6 Å². The van der Waals surface area contributed by atoms with Gasteiger partial charge in [-0.25, -0.2) is 9.97 Å². The van der Waals surface area contributed by atoms with Crippen molar-refractivity contribution in [2.75, 3.05) is 12.3 Å². The van der Waals surface area contributed by atoms with Gasteiger partial charge in [-0.1, -0.05) is 29.8 Å². The van der Waals surface area contributed by atoms with Crippen LogP contribution < -0.4 is 5.73 Å². The van der Waals surface area contributed by atoms with E-state index < -0.39 is 0 Å². The second-order valence-corrected chi connectivity index (χ2v) is 7.88. The van der Waals surface area contributed by atoms with E-state index in [2.05, 4.69) is 51.3 Å². The number of aryl methyl sites for hydroxylation is 1. The molecule has 3 N–H and O–H groups in total. The van der Waals surface area contributed by atoms with E-state index in [1.807, 2.05) is 36.7 Å². The molecule has 4 aromatic rings. The minimum absolute atomic E-state index is 0.747. The SMILES string of the molecule is Cc1ccc(-c2[nH]ncc2CN2CCc3nc(-c4ccc(N)cc4)ncc3C2)cc1. The lowest BCUT2D eigenvalue weighted by molar-refractivity contribution is 0.243. The molecule has 150 valence electrons. The Bertz CT molecular complexity index is 1160. The van der Waals surface area contributed by atoms with E-state index in [4.69, 9.17) is 10.7 Å². The first kappa shape index (κ1) is 18.5. The number of H-pyrrole nitrogens is 1. The Morgan fingerprint density at radius 3 is 2.57 bits per heavy atom. The average molecular weight is 396 g/mol. The van der Waals surface area contributed by atoms with E-state index in [0.717, 1.165) is 54.5 Å². The van der Waals surface area contributed by atoms with E-state index >= 15 is 0 Å². The fraction of sp³-hybridized carbons (Fsp3) is 0.208.